The van der Waals surface area contributed by atoms with Crippen molar-refractivity contribution in [3.05, 3.63) is 5.82 Å². The van der Waals surface area contributed by atoms with Gasteiger partial charge in [0.2, 0.25) is 0 Å². The van der Waals surface area contributed by atoms with Crippen molar-refractivity contribution in [3.8, 4) is 0 Å². The van der Waals surface area contributed by atoms with Crippen molar-refractivity contribution in [3.63, 3.8) is 0 Å². The van der Waals surface area contributed by atoms with E-state index in [9.17, 15) is 79.4 Å². The van der Waals surface area contributed by atoms with Crippen LogP contribution in [0.2, 0.25) is 0 Å². The van der Waals surface area contributed by atoms with Crippen molar-refractivity contribution >= 4 is 18.6 Å². The highest BCUT2D eigenvalue weighted by Crippen LogP contribution is 2.63. The van der Waals surface area contributed by atoms with Gasteiger partial charge in [-0.25, -0.2) is 0 Å². The Kier molecular flexibility index (Phi) is 8.43. The molecule has 0 saturated heterocycles. The second kappa shape index (κ2) is 9.50. The van der Waals surface area contributed by atoms with Gasteiger partial charge in [0, 0.05) is 6.42 Å². The van der Waals surface area contributed by atoms with E-state index in [-0.39, 0.29) is 11.0 Å². The zero-order valence-corrected chi connectivity index (χ0v) is 17.6. The molecule has 1 heterocycles. The van der Waals surface area contributed by atoms with E-state index in [4.69, 9.17) is 0 Å². The minimum absolute atomic E-state index is 0.145. The molecule has 1 N–H and O–H groups in total. The molecule has 0 amide bonds. The van der Waals surface area contributed by atoms with Crippen LogP contribution < -0.4 is 0 Å². The number of ether oxygens (including phenoxy) is 1. The number of nitrogens with one attached hydrogen (secondary N) is 1. The van der Waals surface area contributed by atoms with Crippen LogP contribution in [0.15, 0.2) is 5.16 Å². The Morgan fingerprint density at radius 3 is 1.46 bits per heavy atom. The van der Waals surface area contributed by atoms with Crippen molar-refractivity contribution in [2.24, 2.45) is 0 Å². The molecule has 0 fully saturated rings. The molecule has 0 aliphatic heterocycles. The number of alkyl halides is 17. The average Bonchev–Trinajstić information content (AvgIpc) is 3.14. The number of carbonyl (C=O) groups excluding carboxylic acids is 1. The van der Waals surface area contributed by atoms with Crippen LogP contribution >= 0.6 is 12.6 Å². The van der Waals surface area contributed by atoms with Crippen LogP contribution in [-0.2, 0) is 16.0 Å². The van der Waals surface area contributed by atoms with Gasteiger partial charge in [-0.05, 0) is 0 Å². The SMILES string of the molecule is O=C(CCc1nnc(S)[nH]1)OCC(F)(F)C(F)(F)C(F)(F)C(F)(F)C(F)(F)C(F)(F)C(F)(F)C(F)(F)F. The fourth-order valence-electron chi connectivity index (χ4n) is 2.15. The number of H-pyrrole nitrogens is 1. The van der Waals surface area contributed by atoms with Crippen molar-refractivity contribution < 1.29 is 84.2 Å². The minimum atomic E-state index is -8.72. The number of aromatic amines is 1. The third-order valence-electron chi connectivity index (χ3n) is 4.29. The molecule has 0 aliphatic carbocycles. The molecule has 0 aliphatic rings. The van der Waals surface area contributed by atoms with E-state index < -0.39 is 73.1 Å². The fraction of sp³-hybridized carbons (Fsp3) is 0.786. The fourth-order valence-corrected chi connectivity index (χ4v) is 2.32. The van der Waals surface area contributed by atoms with E-state index in [0.29, 0.717) is 0 Å². The summed E-state index contributed by atoms with van der Waals surface area (Å²) in [5.41, 5.74) is 0. The van der Waals surface area contributed by atoms with E-state index in [0.717, 1.165) is 0 Å². The summed E-state index contributed by atoms with van der Waals surface area (Å²) in [4.78, 5) is 13.6. The Morgan fingerprint density at radius 2 is 1.08 bits per heavy atom. The molecule has 23 heteroatoms. The normalized spacial score (nSPS) is 15.2. The maximum absolute atomic E-state index is 13.6. The smallest absolute Gasteiger partial charge is 0.459 e. The number of aromatic nitrogens is 3. The standard InChI is InChI=1S/C14H8F17N3O2S/c15-7(16,3-36-5(35)2-1-4-32-6(37)34-33-4)8(17,18)9(19,20)10(21,22)11(23,24)12(25,26)13(27,28)14(29,30)31/h1-3H2,(H2,32,33,34,37). The van der Waals surface area contributed by atoms with Gasteiger partial charge in [-0.3, -0.25) is 4.79 Å². The summed E-state index contributed by atoms with van der Waals surface area (Å²) in [6.45, 7) is -3.29. The van der Waals surface area contributed by atoms with Gasteiger partial charge in [-0.1, -0.05) is 0 Å². The van der Waals surface area contributed by atoms with Crippen LogP contribution in [-0.4, -0.2) is 75.4 Å². The van der Waals surface area contributed by atoms with E-state index in [2.05, 4.69) is 32.5 Å². The third-order valence-corrected chi connectivity index (χ3v) is 4.49. The molecule has 0 radical (unpaired) electrons. The molecule has 0 bridgehead atoms. The molecule has 5 nitrogen and oxygen atoms in total. The quantitative estimate of drug-likeness (QED) is 0.197. The molecule has 0 unspecified atom stereocenters. The van der Waals surface area contributed by atoms with Crippen molar-refractivity contribution in [2.45, 2.75) is 65.6 Å². The number of hydrogen-bond donors (Lipinski definition) is 2. The number of thiol groups is 1. The van der Waals surface area contributed by atoms with Crippen LogP contribution in [0.3, 0.4) is 0 Å². The molecular formula is C14H8F17N3O2S. The molecule has 1 aromatic heterocycles. The highest BCUT2D eigenvalue weighted by molar-refractivity contribution is 7.80. The van der Waals surface area contributed by atoms with Gasteiger partial charge in [-0.15, -0.1) is 22.8 Å². The molecule has 1 aromatic rings. The van der Waals surface area contributed by atoms with Crippen LogP contribution in [0.25, 0.3) is 0 Å². The van der Waals surface area contributed by atoms with Crippen molar-refractivity contribution in [2.75, 3.05) is 6.61 Å². The van der Waals surface area contributed by atoms with E-state index in [1.165, 1.54) is 0 Å². The number of aryl methyl sites for hydroxylation is 1. The first-order chi connectivity index (χ1) is 16.1. The van der Waals surface area contributed by atoms with Gasteiger partial charge in [0.15, 0.2) is 11.8 Å². The number of rotatable bonds is 11. The van der Waals surface area contributed by atoms with Gasteiger partial charge in [0.25, 0.3) is 0 Å². The Labute approximate surface area is 197 Å². The Morgan fingerprint density at radius 1 is 0.676 bits per heavy atom. The second-order valence-corrected chi connectivity index (χ2v) is 7.33. The molecule has 216 valence electrons. The highest BCUT2D eigenvalue weighted by atomic mass is 32.1. The molecule has 0 atom stereocenters. The first-order valence-electron chi connectivity index (χ1n) is 8.59. The Balaban J connectivity index is 3.23. The summed E-state index contributed by atoms with van der Waals surface area (Å²) in [5, 5.41) is 6.37. The predicted octanol–water partition coefficient (Wildman–Crippen LogP) is 5.58. The maximum Gasteiger partial charge on any atom is 0.460 e. The topological polar surface area (TPSA) is 67.9 Å². The summed E-state index contributed by atoms with van der Waals surface area (Å²) >= 11 is 3.62. The molecule has 0 saturated carbocycles. The predicted molar refractivity (Wildman–Crippen MR) is 83.6 cm³/mol. The summed E-state index contributed by atoms with van der Waals surface area (Å²) < 4.78 is 227. The number of carbonyl (C=O) groups is 1. The molecule has 1 rings (SSSR count). The lowest BCUT2D eigenvalue weighted by Crippen LogP contribution is -2.74. The lowest BCUT2D eigenvalue weighted by molar-refractivity contribution is -0.462. The van der Waals surface area contributed by atoms with Gasteiger partial charge >= 0.3 is 53.6 Å². The summed E-state index contributed by atoms with van der Waals surface area (Å²) in [6.07, 6.45) is -9.48. The number of hydrogen-bond acceptors (Lipinski definition) is 5. The molecular weight excluding hydrogens is 597 g/mol. The zero-order valence-electron chi connectivity index (χ0n) is 16.7. The monoisotopic (exact) mass is 605 g/mol. The summed E-state index contributed by atoms with van der Waals surface area (Å²) in [5.74, 6) is -59.6. The largest absolute Gasteiger partial charge is 0.460 e. The average molecular weight is 605 g/mol. The Bertz CT molecular complexity index is 975. The van der Waals surface area contributed by atoms with Crippen LogP contribution in [0.5, 0.6) is 0 Å². The van der Waals surface area contributed by atoms with Crippen LogP contribution in [0.1, 0.15) is 12.2 Å². The second-order valence-electron chi connectivity index (χ2n) is 6.90. The molecule has 0 spiro atoms. The van der Waals surface area contributed by atoms with Crippen molar-refractivity contribution in [1.82, 2.24) is 15.2 Å². The first kappa shape index (κ1) is 32.8. The van der Waals surface area contributed by atoms with E-state index in [1.807, 2.05) is 0 Å². The maximum atomic E-state index is 13.6. The number of halogens is 17. The number of nitrogens with zero attached hydrogens (tertiary/aromatic N) is 2. The number of esters is 1. The first-order valence-corrected chi connectivity index (χ1v) is 9.04. The van der Waals surface area contributed by atoms with E-state index in [1.54, 1.807) is 0 Å². The van der Waals surface area contributed by atoms with Crippen molar-refractivity contribution in [1.29, 1.82) is 0 Å². The molecule has 37 heavy (non-hydrogen) atoms. The van der Waals surface area contributed by atoms with Crippen LogP contribution in [0, 0.1) is 0 Å². The van der Waals surface area contributed by atoms with E-state index >= 15 is 0 Å². The van der Waals surface area contributed by atoms with Crippen LogP contribution in [0.4, 0.5) is 74.6 Å². The lowest BCUT2D eigenvalue weighted by Gasteiger charge is -2.42. The third kappa shape index (κ3) is 5.22. The minimum Gasteiger partial charge on any atom is -0.459 e. The highest BCUT2D eigenvalue weighted by Gasteiger charge is 2.95. The van der Waals surface area contributed by atoms with Gasteiger partial charge in [-0.2, -0.15) is 74.6 Å². The van der Waals surface area contributed by atoms with Gasteiger partial charge in [0.05, 0.1) is 6.42 Å². The summed E-state index contributed by atoms with van der Waals surface area (Å²) in [6, 6.07) is 0. The van der Waals surface area contributed by atoms with Gasteiger partial charge in [0.1, 0.15) is 5.82 Å². The summed E-state index contributed by atoms with van der Waals surface area (Å²) in [7, 11) is 0. The Hall–Kier alpha value is -2.23. The zero-order chi connectivity index (χ0) is 29.7. The molecule has 0 aromatic carbocycles. The lowest BCUT2D eigenvalue weighted by atomic mass is 9.89. The van der Waals surface area contributed by atoms with Gasteiger partial charge < -0.3 is 9.72 Å².